The van der Waals surface area contributed by atoms with Crippen LogP contribution in [0.2, 0.25) is 0 Å². The summed E-state index contributed by atoms with van der Waals surface area (Å²) in [6.07, 6.45) is 2.29. The van der Waals surface area contributed by atoms with Gasteiger partial charge in [0, 0.05) is 24.8 Å². The summed E-state index contributed by atoms with van der Waals surface area (Å²) < 4.78 is 0. The van der Waals surface area contributed by atoms with Crippen molar-refractivity contribution in [3.63, 3.8) is 0 Å². The number of nitrogens with zero attached hydrogens (tertiary/aromatic N) is 1. The highest BCUT2D eigenvalue weighted by molar-refractivity contribution is 7.07. The third-order valence-corrected chi connectivity index (χ3v) is 4.53. The number of hydrogen-bond acceptors (Lipinski definition) is 3. The molecule has 1 aromatic heterocycles. The Morgan fingerprint density at radius 1 is 1.16 bits per heavy atom. The summed E-state index contributed by atoms with van der Waals surface area (Å²) in [7, 11) is 0. The fraction of sp³-hybridized carbons (Fsp3) is 0.375. The van der Waals surface area contributed by atoms with Gasteiger partial charge in [0.2, 0.25) is 0 Å². The highest BCUT2D eigenvalue weighted by atomic mass is 32.1. The molecule has 1 aliphatic heterocycles. The Morgan fingerprint density at radius 2 is 2.00 bits per heavy atom. The molecule has 2 atom stereocenters. The lowest BCUT2D eigenvalue weighted by Crippen LogP contribution is -2.47. The molecule has 0 radical (unpaired) electrons. The normalized spacial score (nSPS) is 23.5. The lowest BCUT2D eigenvalue weighted by Gasteiger charge is -2.37. The molecule has 1 aromatic carbocycles. The van der Waals surface area contributed by atoms with Crippen LogP contribution in [-0.2, 0) is 6.42 Å². The summed E-state index contributed by atoms with van der Waals surface area (Å²) in [6, 6.07) is 13.2. The van der Waals surface area contributed by atoms with Gasteiger partial charge in [0.15, 0.2) is 0 Å². The average Bonchev–Trinajstić information content (AvgIpc) is 2.92. The predicted octanol–water partition coefficient (Wildman–Crippen LogP) is 3.14. The minimum absolute atomic E-state index is 0.289. The van der Waals surface area contributed by atoms with Crippen LogP contribution in [0.25, 0.3) is 0 Å². The molecule has 2 N–H and O–H groups in total. The van der Waals surface area contributed by atoms with Crippen LogP contribution in [-0.4, -0.2) is 19.1 Å². The van der Waals surface area contributed by atoms with E-state index < -0.39 is 0 Å². The Balaban J connectivity index is 1.70. The summed E-state index contributed by atoms with van der Waals surface area (Å²) in [4.78, 5) is 2.44. The van der Waals surface area contributed by atoms with Gasteiger partial charge in [-0.1, -0.05) is 18.2 Å². The van der Waals surface area contributed by atoms with Gasteiger partial charge in [-0.05, 0) is 53.3 Å². The first-order chi connectivity index (χ1) is 9.31. The fourth-order valence-electron chi connectivity index (χ4n) is 2.99. The number of nitrogens with two attached hydrogens (primary N) is 1. The second kappa shape index (κ2) is 5.76. The van der Waals surface area contributed by atoms with E-state index >= 15 is 0 Å². The van der Waals surface area contributed by atoms with Crippen molar-refractivity contribution < 1.29 is 0 Å². The maximum atomic E-state index is 6.24. The average molecular weight is 272 g/mol. The number of rotatable bonds is 3. The number of piperidine rings is 1. The molecule has 1 saturated heterocycles. The molecule has 0 spiro atoms. The quantitative estimate of drug-likeness (QED) is 0.930. The lowest BCUT2D eigenvalue weighted by atomic mass is 9.89. The maximum absolute atomic E-state index is 6.24. The zero-order chi connectivity index (χ0) is 13.1. The van der Waals surface area contributed by atoms with Crippen LogP contribution in [0.3, 0.4) is 0 Å². The van der Waals surface area contributed by atoms with Gasteiger partial charge in [-0.15, -0.1) is 0 Å². The number of anilines is 1. The highest BCUT2D eigenvalue weighted by Crippen LogP contribution is 2.25. The number of hydrogen-bond donors (Lipinski definition) is 1. The smallest absolute Gasteiger partial charge is 0.0366 e. The minimum Gasteiger partial charge on any atom is -0.370 e. The molecule has 100 valence electrons. The first-order valence-electron chi connectivity index (χ1n) is 6.88. The third-order valence-electron chi connectivity index (χ3n) is 3.80. The van der Waals surface area contributed by atoms with Crippen LogP contribution < -0.4 is 10.6 Å². The second-order valence-corrected chi connectivity index (χ2v) is 6.22. The molecular weight excluding hydrogens is 252 g/mol. The van der Waals surface area contributed by atoms with Gasteiger partial charge in [0.1, 0.15) is 0 Å². The van der Waals surface area contributed by atoms with E-state index in [1.807, 2.05) is 0 Å². The standard InChI is InChI=1S/C16H20N2S/c17-15-9-14(8-13-6-7-19-12-13)10-18(11-15)16-4-2-1-3-5-16/h1-7,12,14-15H,8-11,17H2. The van der Waals surface area contributed by atoms with Crippen LogP contribution in [0.1, 0.15) is 12.0 Å². The maximum Gasteiger partial charge on any atom is 0.0366 e. The van der Waals surface area contributed by atoms with Crippen molar-refractivity contribution in [2.24, 2.45) is 11.7 Å². The molecule has 1 aliphatic rings. The molecule has 0 saturated carbocycles. The van der Waals surface area contributed by atoms with Crippen LogP contribution in [0.5, 0.6) is 0 Å². The monoisotopic (exact) mass is 272 g/mol. The van der Waals surface area contributed by atoms with Gasteiger partial charge in [-0.3, -0.25) is 0 Å². The zero-order valence-electron chi connectivity index (χ0n) is 11.0. The van der Waals surface area contributed by atoms with Crippen LogP contribution in [0.4, 0.5) is 5.69 Å². The van der Waals surface area contributed by atoms with E-state index in [1.165, 1.54) is 11.3 Å². The van der Waals surface area contributed by atoms with Gasteiger partial charge >= 0.3 is 0 Å². The van der Waals surface area contributed by atoms with Crippen molar-refractivity contribution >= 4 is 17.0 Å². The van der Waals surface area contributed by atoms with Crippen molar-refractivity contribution in [1.82, 2.24) is 0 Å². The van der Waals surface area contributed by atoms with E-state index in [1.54, 1.807) is 11.3 Å². The number of thiophene rings is 1. The van der Waals surface area contributed by atoms with E-state index in [-0.39, 0.29) is 6.04 Å². The molecule has 1 fully saturated rings. The second-order valence-electron chi connectivity index (χ2n) is 5.44. The number of para-hydroxylation sites is 1. The van der Waals surface area contributed by atoms with Crippen molar-refractivity contribution in [2.75, 3.05) is 18.0 Å². The molecule has 3 rings (SSSR count). The van der Waals surface area contributed by atoms with Gasteiger partial charge in [-0.25, -0.2) is 0 Å². The summed E-state index contributed by atoms with van der Waals surface area (Å²) in [6.45, 7) is 2.09. The minimum atomic E-state index is 0.289. The Labute approximate surface area is 118 Å². The van der Waals surface area contributed by atoms with E-state index in [0.29, 0.717) is 5.92 Å². The molecule has 19 heavy (non-hydrogen) atoms. The van der Waals surface area contributed by atoms with Crippen LogP contribution in [0.15, 0.2) is 47.2 Å². The zero-order valence-corrected chi connectivity index (χ0v) is 11.9. The first-order valence-corrected chi connectivity index (χ1v) is 7.82. The summed E-state index contributed by atoms with van der Waals surface area (Å²) >= 11 is 1.78. The molecule has 3 heteroatoms. The Bertz CT molecular complexity index is 495. The van der Waals surface area contributed by atoms with Gasteiger partial charge in [0.25, 0.3) is 0 Å². The topological polar surface area (TPSA) is 29.3 Å². The Kier molecular flexibility index (Phi) is 3.85. The van der Waals surface area contributed by atoms with Crippen molar-refractivity contribution in [1.29, 1.82) is 0 Å². The van der Waals surface area contributed by atoms with Crippen LogP contribution in [0, 0.1) is 5.92 Å². The van der Waals surface area contributed by atoms with Crippen molar-refractivity contribution in [3.8, 4) is 0 Å². The number of benzene rings is 1. The van der Waals surface area contributed by atoms with E-state index in [4.69, 9.17) is 5.73 Å². The summed E-state index contributed by atoms with van der Waals surface area (Å²) in [5, 5.41) is 4.42. The molecule has 2 nitrogen and oxygen atoms in total. The molecule has 0 aliphatic carbocycles. The van der Waals surface area contributed by atoms with Crippen LogP contribution >= 0.6 is 11.3 Å². The molecule has 0 bridgehead atoms. The summed E-state index contributed by atoms with van der Waals surface area (Å²) in [5.74, 6) is 0.665. The van der Waals surface area contributed by atoms with Gasteiger partial charge in [-0.2, -0.15) is 11.3 Å². The largest absolute Gasteiger partial charge is 0.370 e. The van der Waals surface area contributed by atoms with Crippen molar-refractivity contribution in [3.05, 3.63) is 52.7 Å². The van der Waals surface area contributed by atoms with Gasteiger partial charge in [0.05, 0.1) is 0 Å². The first kappa shape index (κ1) is 12.7. The lowest BCUT2D eigenvalue weighted by molar-refractivity contribution is 0.375. The Hall–Kier alpha value is -1.32. The Morgan fingerprint density at radius 3 is 2.74 bits per heavy atom. The molecule has 0 amide bonds. The van der Waals surface area contributed by atoms with Crippen molar-refractivity contribution in [2.45, 2.75) is 18.9 Å². The molecule has 2 heterocycles. The predicted molar refractivity (Wildman–Crippen MR) is 82.8 cm³/mol. The molecule has 2 aromatic rings. The summed E-state index contributed by atoms with van der Waals surface area (Å²) in [5.41, 5.74) is 9.00. The fourth-order valence-corrected chi connectivity index (χ4v) is 3.67. The van der Waals surface area contributed by atoms with E-state index in [9.17, 15) is 0 Å². The SMILES string of the molecule is NC1CC(Cc2ccsc2)CN(c2ccccc2)C1. The molecular formula is C16H20N2S. The van der Waals surface area contributed by atoms with E-state index in [2.05, 4.69) is 52.1 Å². The van der Waals surface area contributed by atoms with E-state index in [0.717, 1.165) is 25.9 Å². The third kappa shape index (κ3) is 3.17. The highest BCUT2D eigenvalue weighted by Gasteiger charge is 2.25. The van der Waals surface area contributed by atoms with Gasteiger partial charge < -0.3 is 10.6 Å². The molecule has 2 unspecified atom stereocenters.